The standard InChI is InChI=1S/C19H14FN3O3/c1-11(17-22-23-18(26-17)12-6-8-14(20)9-7-12)25-19(24)16-10-13-4-2-3-5-15(13)21-16/h2-11,21H,1H3/t11-/m0/s1. The fourth-order valence-electron chi connectivity index (χ4n) is 2.57. The second-order valence-electron chi connectivity index (χ2n) is 5.77. The molecule has 0 saturated heterocycles. The molecule has 4 aromatic rings. The van der Waals surface area contributed by atoms with E-state index in [1.807, 2.05) is 24.3 Å². The monoisotopic (exact) mass is 351 g/mol. The van der Waals surface area contributed by atoms with Crippen LogP contribution < -0.4 is 0 Å². The minimum atomic E-state index is -0.726. The molecular weight excluding hydrogens is 337 g/mol. The zero-order valence-electron chi connectivity index (χ0n) is 13.8. The Balaban J connectivity index is 1.50. The number of halogens is 1. The highest BCUT2D eigenvalue weighted by Crippen LogP contribution is 2.24. The number of hydrogen-bond donors (Lipinski definition) is 1. The molecule has 0 spiro atoms. The minimum absolute atomic E-state index is 0.161. The van der Waals surface area contributed by atoms with E-state index in [2.05, 4.69) is 15.2 Å². The zero-order chi connectivity index (χ0) is 18.1. The van der Waals surface area contributed by atoms with Gasteiger partial charge in [-0.05, 0) is 43.3 Å². The lowest BCUT2D eigenvalue weighted by Gasteiger charge is -2.08. The predicted molar refractivity (Wildman–Crippen MR) is 91.8 cm³/mol. The average Bonchev–Trinajstić information content (AvgIpc) is 3.29. The summed E-state index contributed by atoms with van der Waals surface area (Å²) in [6.07, 6.45) is -0.726. The Morgan fingerprint density at radius 3 is 2.69 bits per heavy atom. The summed E-state index contributed by atoms with van der Waals surface area (Å²) in [5.41, 5.74) is 1.78. The molecule has 1 atom stereocenters. The molecule has 4 rings (SSSR count). The minimum Gasteiger partial charge on any atom is -0.448 e. The smallest absolute Gasteiger partial charge is 0.355 e. The molecule has 0 amide bonds. The molecule has 0 radical (unpaired) electrons. The first-order chi connectivity index (χ1) is 12.6. The fourth-order valence-corrected chi connectivity index (χ4v) is 2.57. The number of nitrogens with one attached hydrogen (secondary N) is 1. The highest BCUT2D eigenvalue weighted by Gasteiger charge is 2.21. The highest BCUT2D eigenvalue weighted by molar-refractivity contribution is 5.94. The van der Waals surface area contributed by atoms with Gasteiger partial charge >= 0.3 is 5.97 Å². The van der Waals surface area contributed by atoms with Crippen LogP contribution >= 0.6 is 0 Å². The molecule has 0 aliphatic carbocycles. The maximum absolute atomic E-state index is 13.0. The maximum atomic E-state index is 13.0. The van der Waals surface area contributed by atoms with E-state index in [1.165, 1.54) is 24.3 Å². The Bertz CT molecular complexity index is 1040. The van der Waals surface area contributed by atoms with Gasteiger partial charge in [-0.15, -0.1) is 10.2 Å². The Kier molecular flexibility index (Phi) is 3.96. The third-order valence-corrected chi connectivity index (χ3v) is 3.91. The Morgan fingerprint density at radius 2 is 1.92 bits per heavy atom. The maximum Gasteiger partial charge on any atom is 0.355 e. The number of benzene rings is 2. The van der Waals surface area contributed by atoms with Crippen molar-refractivity contribution in [3.63, 3.8) is 0 Å². The number of esters is 1. The lowest BCUT2D eigenvalue weighted by Crippen LogP contribution is -2.09. The third kappa shape index (κ3) is 3.06. The van der Waals surface area contributed by atoms with Crippen molar-refractivity contribution in [2.24, 2.45) is 0 Å². The van der Waals surface area contributed by atoms with Gasteiger partial charge in [-0.3, -0.25) is 0 Å². The number of H-pyrrole nitrogens is 1. The van der Waals surface area contributed by atoms with Crippen molar-refractivity contribution in [3.8, 4) is 11.5 Å². The number of carbonyl (C=O) groups excluding carboxylic acids is 1. The van der Waals surface area contributed by atoms with Crippen molar-refractivity contribution in [3.05, 3.63) is 72.0 Å². The Labute approximate surface area is 147 Å². The number of carbonyl (C=O) groups is 1. The topological polar surface area (TPSA) is 81.0 Å². The first-order valence-electron chi connectivity index (χ1n) is 7.98. The molecule has 2 heterocycles. The molecule has 0 bridgehead atoms. The molecule has 0 aliphatic rings. The van der Waals surface area contributed by atoms with E-state index in [0.29, 0.717) is 11.3 Å². The highest BCUT2D eigenvalue weighted by atomic mass is 19.1. The second kappa shape index (κ2) is 6.44. The lowest BCUT2D eigenvalue weighted by molar-refractivity contribution is 0.0274. The summed E-state index contributed by atoms with van der Waals surface area (Å²) in [6, 6.07) is 15.0. The SMILES string of the molecule is C[C@H](OC(=O)c1cc2ccccc2[nH]1)c1nnc(-c2ccc(F)cc2)o1. The van der Waals surface area contributed by atoms with Gasteiger partial charge in [0.05, 0.1) is 0 Å². The fraction of sp³-hybridized carbons (Fsp3) is 0.105. The van der Waals surface area contributed by atoms with Gasteiger partial charge in [0, 0.05) is 16.5 Å². The van der Waals surface area contributed by atoms with Crippen LogP contribution in [0.15, 0.2) is 59.0 Å². The predicted octanol–water partition coefficient (Wildman–Crippen LogP) is 4.28. The summed E-state index contributed by atoms with van der Waals surface area (Å²) in [5.74, 6) is -0.480. The molecule has 7 heteroatoms. The van der Waals surface area contributed by atoms with Gasteiger partial charge in [0.2, 0.25) is 5.89 Å². The van der Waals surface area contributed by atoms with Crippen LogP contribution in [0.5, 0.6) is 0 Å². The van der Waals surface area contributed by atoms with Gasteiger partial charge in [0.15, 0.2) is 6.10 Å². The number of nitrogens with zero attached hydrogens (tertiary/aromatic N) is 2. The molecule has 2 aromatic heterocycles. The van der Waals surface area contributed by atoms with Crippen LogP contribution in [-0.2, 0) is 4.74 Å². The van der Waals surface area contributed by atoms with Crippen molar-refractivity contribution < 1.29 is 18.3 Å². The summed E-state index contributed by atoms with van der Waals surface area (Å²) in [4.78, 5) is 15.3. The largest absolute Gasteiger partial charge is 0.448 e. The van der Waals surface area contributed by atoms with E-state index in [1.54, 1.807) is 13.0 Å². The van der Waals surface area contributed by atoms with E-state index in [9.17, 15) is 9.18 Å². The third-order valence-electron chi connectivity index (χ3n) is 3.91. The number of para-hydroxylation sites is 1. The summed E-state index contributed by atoms with van der Waals surface area (Å²) in [6.45, 7) is 1.64. The van der Waals surface area contributed by atoms with Gasteiger partial charge in [0.25, 0.3) is 5.89 Å². The van der Waals surface area contributed by atoms with Crippen LogP contribution in [0.25, 0.3) is 22.4 Å². The lowest BCUT2D eigenvalue weighted by atomic mass is 10.2. The van der Waals surface area contributed by atoms with Gasteiger partial charge in [-0.1, -0.05) is 18.2 Å². The van der Waals surface area contributed by atoms with E-state index in [-0.39, 0.29) is 17.6 Å². The zero-order valence-corrected chi connectivity index (χ0v) is 13.8. The Morgan fingerprint density at radius 1 is 1.15 bits per heavy atom. The first kappa shape index (κ1) is 16.0. The Hall–Kier alpha value is -3.48. The molecule has 2 aromatic carbocycles. The summed E-state index contributed by atoms with van der Waals surface area (Å²) < 4.78 is 23.9. The quantitative estimate of drug-likeness (QED) is 0.555. The number of ether oxygens (including phenoxy) is 1. The van der Waals surface area contributed by atoms with Crippen molar-refractivity contribution in [1.82, 2.24) is 15.2 Å². The molecule has 1 N–H and O–H groups in total. The average molecular weight is 351 g/mol. The normalized spacial score (nSPS) is 12.2. The number of rotatable bonds is 4. The van der Waals surface area contributed by atoms with Gasteiger partial charge in [-0.25, -0.2) is 9.18 Å². The molecule has 0 fully saturated rings. The van der Waals surface area contributed by atoms with Crippen LogP contribution in [0, 0.1) is 5.82 Å². The van der Waals surface area contributed by atoms with Crippen molar-refractivity contribution >= 4 is 16.9 Å². The van der Waals surface area contributed by atoms with E-state index < -0.39 is 12.1 Å². The van der Waals surface area contributed by atoms with Gasteiger partial charge in [0.1, 0.15) is 11.5 Å². The molecule has 0 unspecified atom stereocenters. The summed E-state index contributed by atoms with van der Waals surface area (Å²) in [7, 11) is 0. The molecule has 6 nitrogen and oxygen atoms in total. The van der Waals surface area contributed by atoms with E-state index >= 15 is 0 Å². The van der Waals surface area contributed by atoms with Crippen LogP contribution in [0.4, 0.5) is 4.39 Å². The van der Waals surface area contributed by atoms with Gasteiger partial charge < -0.3 is 14.1 Å². The molecule has 0 aliphatic heterocycles. The van der Waals surface area contributed by atoms with Crippen LogP contribution in [0.3, 0.4) is 0 Å². The van der Waals surface area contributed by atoms with Crippen molar-refractivity contribution in [2.45, 2.75) is 13.0 Å². The van der Waals surface area contributed by atoms with Crippen molar-refractivity contribution in [2.75, 3.05) is 0 Å². The van der Waals surface area contributed by atoms with Crippen LogP contribution in [-0.4, -0.2) is 21.2 Å². The number of fused-ring (bicyclic) bond motifs is 1. The number of aromatic nitrogens is 3. The summed E-state index contributed by atoms with van der Waals surface area (Å²) in [5, 5.41) is 8.74. The second-order valence-corrected chi connectivity index (χ2v) is 5.77. The van der Waals surface area contributed by atoms with Crippen molar-refractivity contribution in [1.29, 1.82) is 0 Å². The molecule has 0 saturated carbocycles. The first-order valence-corrected chi connectivity index (χ1v) is 7.98. The van der Waals surface area contributed by atoms with Crippen LogP contribution in [0.1, 0.15) is 29.4 Å². The molecule has 26 heavy (non-hydrogen) atoms. The molecule has 130 valence electrons. The number of aromatic amines is 1. The summed E-state index contributed by atoms with van der Waals surface area (Å²) >= 11 is 0. The van der Waals surface area contributed by atoms with Crippen LogP contribution in [0.2, 0.25) is 0 Å². The van der Waals surface area contributed by atoms with Gasteiger partial charge in [-0.2, -0.15) is 0 Å². The number of hydrogen-bond acceptors (Lipinski definition) is 5. The van der Waals surface area contributed by atoms with E-state index in [0.717, 1.165) is 10.9 Å². The molecular formula is C19H14FN3O3. The van der Waals surface area contributed by atoms with E-state index in [4.69, 9.17) is 9.15 Å².